The Morgan fingerprint density at radius 2 is 1.84 bits per heavy atom. The van der Waals surface area contributed by atoms with Crippen LogP contribution in [0.5, 0.6) is 0 Å². The first-order valence-electron chi connectivity index (χ1n) is 9.70. The van der Waals surface area contributed by atoms with E-state index in [0.29, 0.717) is 26.8 Å². The normalized spacial score (nSPS) is 10.9. The number of anilines is 1. The molecule has 4 aromatic rings. The molecule has 0 saturated carbocycles. The van der Waals surface area contributed by atoms with Crippen molar-refractivity contribution in [2.45, 2.75) is 19.0 Å². The number of halogens is 1. The molecule has 4 rings (SSSR count). The molecule has 0 bridgehead atoms. The van der Waals surface area contributed by atoms with Gasteiger partial charge in [-0.1, -0.05) is 47.6 Å². The van der Waals surface area contributed by atoms with E-state index >= 15 is 0 Å². The fraction of sp³-hybridized carbons (Fsp3) is 0.125. The number of carbonyl (C=O) groups is 1. The first-order chi connectivity index (χ1) is 14.9. The van der Waals surface area contributed by atoms with Gasteiger partial charge in [-0.25, -0.2) is 4.98 Å². The summed E-state index contributed by atoms with van der Waals surface area (Å²) in [7, 11) is 0. The molecule has 0 fully saturated rings. The second kappa shape index (κ2) is 8.96. The van der Waals surface area contributed by atoms with E-state index in [9.17, 15) is 9.59 Å². The predicted molar refractivity (Wildman–Crippen MR) is 128 cm³/mol. The minimum Gasteiger partial charge on any atom is -0.325 e. The molecule has 0 aliphatic rings. The molecule has 0 spiro atoms. The first kappa shape index (κ1) is 21.2. The molecular weight excluding hydrogens is 430 g/mol. The van der Waals surface area contributed by atoms with Gasteiger partial charge in [0.15, 0.2) is 5.16 Å². The van der Waals surface area contributed by atoms with E-state index in [1.165, 1.54) is 11.8 Å². The molecule has 1 N–H and O–H groups in total. The van der Waals surface area contributed by atoms with E-state index in [1.807, 2.05) is 44.2 Å². The number of para-hydroxylation sites is 1. The zero-order chi connectivity index (χ0) is 22.0. The van der Waals surface area contributed by atoms with Crippen molar-refractivity contribution in [1.29, 1.82) is 0 Å². The van der Waals surface area contributed by atoms with Crippen LogP contribution in [-0.4, -0.2) is 21.2 Å². The van der Waals surface area contributed by atoms with Crippen molar-refractivity contribution >= 4 is 45.9 Å². The van der Waals surface area contributed by atoms with Crippen molar-refractivity contribution in [3.8, 4) is 5.69 Å². The average molecular weight is 450 g/mol. The molecule has 1 amide bonds. The van der Waals surface area contributed by atoms with Crippen LogP contribution in [0.15, 0.2) is 76.7 Å². The van der Waals surface area contributed by atoms with Crippen LogP contribution in [0.1, 0.15) is 11.1 Å². The molecule has 0 aliphatic heterocycles. The molecule has 1 heterocycles. The summed E-state index contributed by atoms with van der Waals surface area (Å²) < 4.78 is 1.58. The SMILES string of the molecule is Cc1ccc(-n2c(SCC(=O)Nc3cccc(Cl)c3)nc3ccccc3c2=O)cc1C. The number of amides is 1. The zero-order valence-electron chi connectivity index (χ0n) is 17.1. The van der Waals surface area contributed by atoms with Crippen molar-refractivity contribution < 1.29 is 4.79 Å². The summed E-state index contributed by atoms with van der Waals surface area (Å²) >= 11 is 7.20. The van der Waals surface area contributed by atoms with E-state index in [2.05, 4.69) is 10.3 Å². The molecule has 0 aliphatic carbocycles. The fourth-order valence-electron chi connectivity index (χ4n) is 3.19. The Kier molecular flexibility index (Phi) is 6.11. The number of hydrogen-bond donors (Lipinski definition) is 1. The van der Waals surface area contributed by atoms with E-state index < -0.39 is 0 Å². The van der Waals surface area contributed by atoms with E-state index in [1.54, 1.807) is 41.0 Å². The molecule has 0 atom stereocenters. The highest BCUT2D eigenvalue weighted by Gasteiger charge is 2.15. The van der Waals surface area contributed by atoms with Gasteiger partial charge in [-0.3, -0.25) is 14.2 Å². The average Bonchev–Trinajstić information content (AvgIpc) is 2.74. The Bertz CT molecular complexity index is 1350. The van der Waals surface area contributed by atoms with Crippen LogP contribution < -0.4 is 10.9 Å². The summed E-state index contributed by atoms with van der Waals surface area (Å²) in [6.45, 7) is 4.03. The van der Waals surface area contributed by atoms with Crippen molar-refractivity contribution in [1.82, 2.24) is 9.55 Å². The van der Waals surface area contributed by atoms with Crippen LogP contribution in [-0.2, 0) is 4.79 Å². The van der Waals surface area contributed by atoms with Crippen molar-refractivity contribution in [2.75, 3.05) is 11.1 Å². The Labute approximate surface area is 189 Å². The molecule has 7 heteroatoms. The van der Waals surface area contributed by atoms with Gasteiger partial charge in [-0.05, 0) is 67.4 Å². The molecule has 0 unspecified atom stereocenters. The molecule has 156 valence electrons. The second-order valence-corrected chi connectivity index (χ2v) is 8.55. The third-order valence-electron chi connectivity index (χ3n) is 4.93. The summed E-state index contributed by atoms with van der Waals surface area (Å²) in [4.78, 5) is 30.5. The summed E-state index contributed by atoms with van der Waals surface area (Å²) in [5.41, 5.74) is 4.00. The maximum absolute atomic E-state index is 13.3. The van der Waals surface area contributed by atoms with Gasteiger partial charge in [-0.15, -0.1) is 0 Å². The van der Waals surface area contributed by atoms with Crippen LogP contribution in [0.2, 0.25) is 5.02 Å². The van der Waals surface area contributed by atoms with Gasteiger partial charge in [0.2, 0.25) is 5.91 Å². The lowest BCUT2D eigenvalue weighted by Crippen LogP contribution is -2.23. The van der Waals surface area contributed by atoms with Gasteiger partial charge in [-0.2, -0.15) is 0 Å². The van der Waals surface area contributed by atoms with Gasteiger partial charge in [0.25, 0.3) is 5.56 Å². The minimum atomic E-state index is -0.207. The summed E-state index contributed by atoms with van der Waals surface area (Å²) in [6.07, 6.45) is 0. The molecule has 1 aromatic heterocycles. The second-order valence-electron chi connectivity index (χ2n) is 7.17. The zero-order valence-corrected chi connectivity index (χ0v) is 18.6. The number of fused-ring (bicyclic) bond motifs is 1. The lowest BCUT2D eigenvalue weighted by Gasteiger charge is -2.14. The highest BCUT2D eigenvalue weighted by Crippen LogP contribution is 2.23. The Morgan fingerprint density at radius 3 is 2.61 bits per heavy atom. The summed E-state index contributed by atoms with van der Waals surface area (Å²) in [6, 6.07) is 20.0. The smallest absolute Gasteiger partial charge is 0.266 e. The first-order valence-corrected chi connectivity index (χ1v) is 11.1. The van der Waals surface area contributed by atoms with Crippen molar-refractivity contribution in [3.63, 3.8) is 0 Å². The Morgan fingerprint density at radius 1 is 1.03 bits per heavy atom. The van der Waals surface area contributed by atoms with Crippen molar-refractivity contribution in [2.24, 2.45) is 0 Å². The number of nitrogens with zero attached hydrogens (tertiary/aromatic N) is 2. The number of aromatic nitrogens is 2. The number of nitrogens with one attached hydrogen (secondary N) is 1. The lowest BCUT2D eigenvalue weighted by atomic mass is 10.1. The number of aryl methyl sites for hydroxylation is 2. The van der Waals surface area contributed by atoms with Gasteiger partial charge < -0.3 is 5.32 Å². The van der Waals surface area contributed by atoms with Gasteiger partial charge in [0.1, 0.15) is 0 Å². The van der Waals surface area contributed by atoms with Gasteiger partial charge in [0.05, 0.1) is 22.3 Å². The number of hydrogen-bond acceptors (Lipinski definition) is 4. The molecule has 0 radical (unpaired) electrons. The standard InChI is InChI=1S/C24H20ClN3O2S/c1-15-10-11-19(12-16(15)2)28-23(30)20-8-3-4-9-21(20)27-24(28)31-14-22(29)26-18-7-5-6-17(25)13-18/h3-13H,14H2,1-2H3,(H,26,29). The molecule has 31 heavy (non-hydrogen) atoms. The third kappa shape index (κ3) is 4.65. The van der Waals surface area contributed by atoms with Crippen LogP contribution in [0, 0.1) is 13.8 Å². The molecule has 0 saturated heterocycles. The van der Waals surface area contributed by atoms with E-state index in [-0.39, 0.29) is 17.2 Å². The number of rotatable bonds is 5. The Hall–Kier alpha value is -3.09. The quantitative estimate of drug-likeness (QED) is 0.328. The Balaban J connectivity index is 1.69. The van der Waals surface area contributed by atoms with Gasteiger partial charge in [0, 0.05) is 10.7 Å². The molecule has 5 nitrogen and oxygen atoms in total. The fourth-order valence-corrected chi connectivity index (χ4v) is 4.20. The van der Waals surface area contributed by atoms with Gasteiger partial charge >= 0.3 is 0 Å². The largest absolute Gasteiger partial charge is 0.325 e. The van der Waals surface area contributed by atoms with Crippen LogP contribution in [0.4, 0.5) is 5.69 Å². The number of carbonyl (C=O) groups excluding carboxylic acids is 1. The van der Waals surface area contributed by atoms with Crippen LogP contribution in [0.3, 0.4) is 0 Å². The third-order valence-corrected chi connectivity index (χ3v) is 6.11. The molecule has 3 aromatic carbocycles. The summed E-state index contributed by atoms with van der Waals surface area (Å²) in [5.74, 6) is -0.108. The highest BCUT2D eigenvalue weighted by molar-refractivity contribution is 7.99. The van der Waals surface area contributed by atoms with Crippen molar-refractivity contribution in [3.05, 3.63) is 93.2 Å². The van der Waals surface area contributed by atoms with Crippen LogP contribution >= 0.6 is 23.4 Å². The van der Waals surface area contributed by atoms with E-state index in [4.69, 9.17) is 11.6 Å². The maximum Gasteiger partial charge on any atom is 0.266 e. The van der Waals surface area contributed by atoms with E-state index in [0.717, 1.165) is 16.8 Å². The lowest BCUT2D eigenvalue weighted by molar-refractivity contribution is -0.113. The maximum atomic E-state index is 13.3. The number of benzene rings is 3. The summed E-state index contributed by atoms with van der Waals surface area (Å²) in [5, 5.41) is 4.37. The minimum absolute atomic E-state index is 0.0993. The predicted octanol–water partition coefficient (Wildman–Crippen LogP) is 5.39. The highest BCUT2D eigenvalue weighted by atomic mass is 35.5. The molecular formula is C24H20ClN3O2S. The number of thioether (sulfide) groups is 1. The van der Waals surface area contributed by atoms with Crippen LogP contribution in [0.25, 0.3) is 16.6 Å². The monoisotopic (exact) mass is 449 g/mol. The topological polar surface area (TPSA) is 64.0 Å².